The SMILES string of the molecule is COc1cccc2cc(CN3CCC(c4cc(C(N)=O)c5ccccc5n4)C3)oc12. The number of likely N-dealkylation sites (tertiary alicyclic amines) is 1. The van der Waals surface area contributed by atoms with Crippen LogP contribution < -0.4 is 10.5 Å². The number of hydrogen-bond donors (Lipinski definition) is 1. The molecule has 1 amide bonds. The monoisotopic (exact) mass is 401 g/mol. The topological polar surface area (TPSA) is 81.6 Å². The van der Waals surface area contributed by atoms with Gasteiger partial charge >= 0.3 is 0 Å². The number of aromatic nitrogens is 1. The van der Waals surface area contributed by atoms with E-state index in [1.54, 1.807) is 7.11 Å². The number of carbonyl (C=O) groups is 1. The Labute approximate surface area is 174 Å². The molecule has 4 aromatic rings. The number of hydrogen-bond acceptors (Lipinski definition) is 5. The van der Waals surface area contributed by atoms with Gasteiger partial charge in [0.15, 0.2) is 11.3 Å². The molecule has 5 rings (SSSR count). The molecule has 3 heterocycles. The highest BCUT2D eigenvalue weighted by molar-refractivity contribution is 6.05. The maximum atomic E-state index is 12.0. The fourth-order valence-electron chi connectivity index (χ4n) is 4.38. The van der Waals surface area contributed by atoms with Crippen LogP contribution in [-0.2, 0) is 6.54 Å². The summed E-state index contributed by atoms with van der Waals surface area (Å²) in [6.45, 7) is 2.53. The van der Waals surface area contributed by atoms with Crippen LogP contribution in [0, 0.1) is 0 Å². The molecular formula is C24H23N3O3. The van der Waals surface area contributed by atoms with E-state index in [2.05, 4.69) is 11.0 Å². The van der Waals surface area contributed by atoms with Crippen LogP contribution >= 0.6 is 0 Å². The largest absolute Gasteiger partial charge is 0.493 e. The smallest absolute Gasteiger partial charge is 0.249 e. The summed E-state index contributed by atoms with van der Waals surface area (Å²) in [5.41, 5.74) is 8.70. The third kappa shape index (κ3) is 3.29. The molecular weight excluding hydrogens is 378 g/mol. The van der Waals surface area contributed by atoms with Gasteiger partial charge < -0.3 is 14.9 Å². The first-order chi connectivity index (χ1) is 14.6. The number of ether oxygens (including phenoxy) is 1. The fourth-order valence-corrected chi connectivity index (χ4v) is 4.38. The van der Waals surface area contributed by atoms with E-state index in [9.17, 15) is 4.79 Å². The van der Waals surface area contributed by atoms with Gasteiger partial charge in [0.1, 0.15) is 5.76 Å². The van der Waals surface area contributed by atoms with Gasteiger partial charge in [-0.05, 0) is 37.2 Å². The van der Waals surface area contributed by atoms with E-state index in [1.807, 2.05) is 48.5 Å². The number of fused-ring (bicyclic) bond motifs is 2. The average molecular weight is 401 g/mol. The Bertz CT molecular complexity index is 1250. The number of benzene rings is 2. The van der Waals surface area contributed by atoms with Crippen molar-refractivity contribution < 1.29 is 13.9 Å². The minimum atomic E-state index is -0.416. The number of carbonyl (C=O) groups excluding carboxylic acids is 1. The number of furan rings is 1. The quantitative estimate of drug-likeness (QED) is 0.545. The van der Waals surface area contributed by atoms with Crippen LogP contribution in [0.2, 0.25) is 0 Å². The van der Waals surface area contributed by atoms with Crippen LogP contribution in [0.5, 0.6) is 5.75 Å². The Hall–Kier alpha value is -3.38. The highest BCUT2D eigenvalue weighted by atomic mass is 16.5. The number of rotatable bonds is 5. The van der Waals surface area contributed by atoms with E-state index >= 15 is 0 Å². The minimum Gasteiger partial charge on any atom is -0.493 e. The lowest BCUT2D eigenvalue weighted by molar-refractivity contribution is 0.100. The predicted octanol–water partition coefficient (Wildman–Crippen LogP) is 4.08. The molecule has 1 aliphatic heterocycles. The molecule has 2 aromatic carbocycles. The summed E-state index contributed by atoms with van der Waals surface area (Å²) in [4.78, 5) is 19.2. The maximum absolute atomic E-state index is 12.0. The number of methoxy groups -OCH3 is 1. The predicted molar refractivity (Wildman–Crippen MR) is 116 cm³/mol. The molecule has 0 saturated carbocycles. The molecule has 6 nitrogen and oxygen atoms in total. The van der Waals surface area contributed by atoms with E-state index in [0.29, 0.717) is 5.56 Å². The summed E-state index contributed by atoms with van der Waals surface area (Å²) in [7, 11) is 1.65. The van der Waals surface area contributed by atoms with Crippen LogP contribution in [0.25, 0.3) is 21.9 Å². The first-order valence-corrected chi connectivity index (χ1v) is 10.1. The first-order valence-electron chi connectivity index (χ1n) is 10.1. The molecule has 0 radical (unpaired) electrons. The minimum absolute atomic E-state index is 0.256. The van der Waals surface area contributed by atoms with E-state index < -0.39 is 5.91 Å². The zero-order valence-electron chi connectivity index (χ0n) is 16.8. The molecule has 1 saturated heterocycles. The maximum Gasteiger partial charge on any atom is 0.249 e. The zero-order valence-corrected chi connectivity index (χ0v) is 16.8. The molecule has 30 heavy (non-hydrogen) atoms. The van der Waals surface area contributed by atoms with Gasteiger partial charge in [-0.15, -0.1) is 0 Å². The molecule has 0 spiro atoms. The van der Waals surface area contributed by atoms with Gasteiger partial charge in [0.2, 0.25) is 5.91 Å². The van der Waals surface area contributed by atoms with E-state index in [0.717, 1.165) is 65.1 Å². The zero-order chi connectivity index (χ0) is 20.7. The molecule has 1 aliphatic rings. The number of nitrogens with two attached hydrogens (primary N) is 1. The highest BCUT2D eigenvalue weighted by Gasteiger charge is 2.27. The molecule has 1 unspecified atom stereocenters. The van der Waals surface area contributed by atoms with Crippen LogP contribution in [-0.4, -0.2) is 36.0 Å². The molecule has 6 heteroatoms. The normalized spacial score (nSPS) is 17.0. The van der Waals surface area contributed by atoms with E-state index in [1.165, 1.54) is 0 Å². The van der Waals surface area contributed by atoms with Gasteiger partial charge in [-0.25, -0.2) is 0 Å². The summed E-state index contributed by atoms with van der Waals surface area (Å²) in [6.07, 6.45) is 0.979. The van der Waals surface area contributed by atoms with Crippen molar-refractivity contribution in [2.75, 3.05) is 20.2 Å². The van der Waals surface area contributed by atoms with E-state index in [-0.39, 0.29) is 5.92 Å². The summed E-state index contributed by atoms with van der Waals surface area (Å²) in [5.74, 6) is 1.50. The van der Waals surface area contributed by atoms with E-state index in [4.69, 9.17) is 19.9 Å². The Kier molecular flexibility index (Phi) is 4.64. The molecule has 152 valence electrons. The summed E-state index contributed by atoms with van der Waals surface area (Å²) in [5, 5.41) is 1.85. The molecule has 2 N–H and O–H groups in total. The lowest BCUT2D eigenvalue weighted by atomic mass is 9.99. The van der Waals surface area contributed by atoms with Crippen molar-refractivity contribution in [3.63, 3.8) is 0 Å². The summed E-state index contributed by atoms with van der Waals surface area (Å²) < 4.78 is 11.5. The second-order valence-electron chi connectivity index (χ2n) is 7.79. The van der Waals surface area contributed by atoms with Crippen LogP contribution in [0.15, 0.2) is 59.0 Å². The number of amides is 1. The molecule has 2 aromatic heterocycles. The Morgan fingerprint density at radius 3 is 2.93 bits per heavy atom. The standard InChI is InChI=1S/C24H23N3O3/c1-29-22-8-4-5-15-11-17(30-23(15)22)14-27-10-9-16(13-27)21-12-19(24(25)28)18-6-2-3-7-20(18)26-21/h2-8,11-12,16H,9-10,13-14H2,1H3,(H2,25,28). The van der Waals surface area contributed by atoms with Crippen molar-refractivity contribution in [1.82, 2.24) is 9.88 Å². The molecule has 0 aliphatic carbocycles. The van der Waals surface area contributed by atoms with Gasteiger partial charge in [-0.2, -0.15) is 0 Å². The third-order valence-electron chi connectivity index (χ3n) is 5.85. The van der Waals surface area contributed by atoms with Crippen molar-refractivity contribution in [2.24, 2.45) is 5.73 Å². The lowest BCUT2D eigenvalue weighted by Gasteiger charge is -2.15. The fraction of sp³-hybridized carbons (Fsp3) is 0.250. The van der Waals surface area contributed by atoms with Crippen LogP contribution in [0.4, 0.5) is 0 Å². The Morgan fingerprint density at radius 1 is 1.23 bits per heavy atom. The summed E-state index contributed by atoms with van der Waals surface area (Å²) >= 11 is 0. The Balaban J connectivity index is 1.38. The van der Waals surface area contributed by atoms with Crippen molar-refractivity contribution in [1.29, 1.82) is 0 Å². The van der Waals surface area contributed by atoms with Gasteiger partial charge in [0.25, 0.3) is 0 Å². The third-order valence-corrected chi connectivity index (χ3v) is 5.85. The van der Waals surface area contributed by atoms with Gasteiger partial charge in [-0.3, -0.25) is 14.7 Å². The van der Waals surface area contributed by atoms with Gasteiger partial charge in [-0.1, -0.05) is 30.3 Å². The molecule has 1 fully saturated rings. The number of pyridine rings is 1. The summed E-state index contributed by atoms with van der Waals surface area (Å²) in [6, 6.07) is 17.5. The lowest BCUT2D eigenvalue weighted by Crippen LogP contribution is -2.20. The van der Waals surface area contributed by atoms with Crippen molar-refractivity contribution in [3.8, 4) is 5.75 Å². The van der Waals surface area contributed by atoms with Crippen molar-refractivity contribution in [2.45, 2.75) is 18.9 Å². The van der Waals surface area contributed by atoms with Gasteiger partial charge in [0.05, 0.1) is 24.7 Å². The average Bonchev–Trinajstić information content (AvgIpc) is 3.39. The second kappa shape index (κ2) is 7.46. The molecule has 1 atom stereocenters. The number of nitrogens with zero attached hydrogens (tertiary/aromatic N) is 2. The Morgan fingerprint density at radius 2 is 2.10 bits per heavy atom. The van der Waals surface area contributed by atoms with Crippen LogP contribution in [0.3, 0.4) is 0 Å². The van der Waals surface area contributed by atoms with Crippen LogP contribution in [0.1, 0.15) is 34.2 Å². The second-order valence-corrected chi connectivity index (χ2v) is 7.79. The van der Waals surface area contributed by atoms with Gasteiger partial charge in [0, 0.05) is 28.9 Å². The first kappa shape index (κ1) is 18.6. The highest BCUT2D eigenvalue weighted by Crippen LogP contribution is 2.32. The van der Waals surface area contributed by atoms with Crippen molar-refractivity contribution in [3.05, 3.63) is 71.6 Å². The number of para-hydroxylation sites is 2. The van der Waals surface area contributed by atoms with Crippen molar-refractivity contribution >= 4 is 27.8 Å². The number of primary amides is 1. The molecule has 0 bridgehead atoms.